The zero-order chi connectivity index (χ0) is 29.4. The van der Waals surface area contributed by atoms with E-state index in [0.29, 0.717) is 10.6 Å². The quantitative estimate of drug-likeness (QED) is 0.240. The fourth-order valence-corrected chi connectivity index (χ4v) is 5.73. The van der Waals surface area contributed by atoms with Crippen LogP contribution in [0.4, 0.5) is 11.4 Å². The number of nitrogens with zero attached hydrogens (tertiary/aromatic N) is 3. The third kappa shape index (κ3) is 7.36. The molecule has 0 unspecified atom stereocenters. The van der Waals surface area contributed by atoms with E-state index in [1.807, 2.05) is 0 Å². The number of amides is 2. The molecule has 0 aliphatic carbocycles. The summed E-state index contributed by atoms with van der Waals surface area (Å²) in [5.41, 5.74) is 0.408. The molecule has 0 heterocycles. The molecule has 0 fully saturated rings. The summed E-state index contributed by atoms with van der Waals surface area (Å²) in [4.78, 5) is 39.0. The van der Waals surface area contributed by atoms with Gasteiger partial charge >= 0.3 is 0 Å². The van der Waals surface area contributed by atoms with Gasteiger partial charge in [0, 0.05) is 29.7 Å². The van der Waals surface area contributed by atoms with Gasteiger partial charge in [-0.1, -0.05) is 54.9 Å². The van der Waals surface area contributed by atoms with Gasteiger partial charge in [0.25, 0.3) is 15.7 Å². The monoisotopic (exact) mass is 586 g/mol. The van der Waals surface area contributed by atoms with Crippen molar-refractivity contribution >= 4 is 44.8 Å². The van der Waals surface area contributed by atoms with Crippen LogP contribution < -0.4 is 9.62 Å². The van der Waals surface area contributed by atoms with E-state index in [2.05, 4.69) is 5.32 Å². The molecule has 1 N–H and O–H groups in total. The number of non-ortho nitro benzene ring substituents is 1. The van der Waals surface area contributed by atoms with Crippen molar-refractivity contribution in [2.45, 2.75) is 50.7 Å². The molecule has 10 nitrogen and oxygen atoms in total. The normalized spacial score (nSPS) is 12.0. The van der Waals surface area contributed by atoms with Gasteiger partial charge in [0.15, 0.2) is 0 Å². The number of benzene rings is 3. The van der Waals surface area contributed by atoms with Crippen LogP contribution in [0, 0.1) is 10.1 Å². The van der Waals surface area contributed by atoms with E-state index >= 15 is 0 Å². The molecule has 40 heavy (non-hydrogen) atoms. The highest BCUT2D eigenvalue weighted by Gasteiger charge is 2.34. The number of carbonyl (C=O) groups is 2. The number of hydrogen-bond acceptors (Lipinski definition) is 6. The Kier molecular flexibility index (Phi) is 10.2. The van der Waals surface area contributed by atoms with Gasteiger partial charge in [-0.25, -0.2) is 8.42 Å². The molecule has 0 aliphatic rings. The molecule has 0 aromatic heterocycles. The number of rotatable bonds is 12. The first kappa shape index (κ1) is 30.6. The molecular formula is C28H31ClN4O6S. The van der Waals surface area contributed by atoms with Crippen molar-refractivity contribution in [3.63, 3.8) is 0 Å². The largest absolute Gasteiger partial charge is 0.352 e. The molecule has 0 spiro atoms. The number of sulfonamides is 1. The Morgan fingerprint density at radius 3 is 2.12 bits per heavy atom. The zero-order valence-electron chi connectivity index (χ0n) is 22.4. The Hall–Kier alpha value is -3.96. The van der Waals surface area contributed by atoms with Crippen LogP contribution >= 0.6 is 11.6 Å². The summed E-state index contributed by atoms with van der Waals surface area (Å²) in [6.45, 7) is 4.65. The van der Waals surface area contributed by atoms with Crippen LogP contribution in [-0.4, -0.2) is 48.7 Å². The second-order valence-corrected chi connectivity index (χ2v) is 11.6. The minimum absolute atomic E-state index is 0.0397. The van der Waals surface area contributed by atoms with E-state index in [4.69, 9.17) is 11.6 Å². The van der Waals surface area contributed by atoms with E-state index < -0.39 is 33.4 Å². The van der Waals surface area contributed by atoms with E-state index in [0.717, 1.165) is 4.31 Å². The topological polar surface area (TPSA) is 130 Å². The van der Waals surface area contributed by atoms with E-state index in [1.54, 1.807) is 63.2 Å². The number of anilines is 1. The van der Waals surface area contributed by atoms with E-state index in [-0.39, 0.29) is 41.2 Å². The predicted molar refractivity (Wildman–Crippen MR) is 153 cm³/mol. The van der Waals surface area contributed by atoms with Crippen LogP contribution in [0.2, 0.25) is 5.02 Å². The second-order valence-electron chi connectivity index (χ2n) is 9.30. The van der Waals surface area contributed by atoms with Crippen LogP contribution in [0.15, 0.2) is 83.8 Å². The SMILES string of the molecule is CC[C@H](C(=O)NC(C)C)N(Cc1ccccc1Cl)C(=O)CN(c1ccc([N+](=O)[O-])cc1)S(=O)(=O)c1ccccc1. The Morgan fingerprint density at radius 1 is 0.975 bits per heavy atom. The molecule has 2 amide bonds. The van der Waals surface area contributed by atoms with Crippen molar-refractivity contribution in [3.8, 4) is 0 Å². The van der Waals surface area contributed by atoms with Crippen molar-refractivity contribution in [2.24, 2.45) is 0 Å². The summed E-state index contributed by atoms with van der Waals surface area (Å²) in [7, 11) is -4.28. The van der Waals surface area contributed by atoms with Gasteiger partial charge in [0.05, 0.1) is 15.5 Å². The molecule has 0 saturated carbocycles. The molecule has 3 rings (SSSR count). The van der Waals surface area contributed by atoms with Gasteiger partial charge in [0.2, 0.25) is 11.8 Å². The highest BCUT2D eigenvalue weighted by molar-refractivity contribution is 7.92. The minimum atomic E-state index is -4.28. The lowest BCUT2D eigenvalue weighted by Crippen LogP contribution is -2.53. The van der Waals surface area contributed by atoms with E-state index in [9.17, 15) is 28.1 Å². The van der Waals surface area contributed by atoms with Gasteiger partial charge in [-0.3, -0.25) is 24.0 Å². The molecule has 0 radical (unpaired) electrons. The summed E-state index contributed by atoms with van der Waals surface area (Å²) in [6, 6.07) is 18.2. The Morgan fingerprint density at radius 2 is 1.57 bits per heavy atom. The molecule has 0 saturated heterocycles. The van der Waals surface area contributed by atoms with Crippen LogP contribution in [0.25, 0.3) is 0 Å². The Balaban J connectivity index is 2.08. The number of hydrogen-bond donors (Lipinski definition) is 1. The second kappa shape index (κ2) is 13.4. The van der Waals surface area contributed by atoms with Crippen LogP contribution in [0.1, 0.15) is 32.8 Å². The Bertz CT molecular complexity index is 1450. The maximum Gasteiger partial charge on any atom is 0.269 e. The summed E-state index contributed by atoms with van der Waals surface area (Å²) in [5.74, 6) is -1.03. The minimum Gasteiger partial charge on any atom is -0.352 e. The van der Waals surface area contributed by atoms with Crippen LogP contribution in [-0.2, 0) is 26.2 Å². The van der Waals surface area contributed by atoms with Crippen molar-refractivity contribution < 1.29 is 22.9 Å². The van der Waals surface area contributed by atoms with Crippen LogP contribution in [0.5, 0.6) is 0 Å². The van der Waals surface area contributed by atoms with Crippen molar-refractivity contribution in [1.29, 1.82) is 0 Å². The summed E-state index contributed by atoms with van der Waals surface area (Å²) in [5, 5.41) is 14.4. The first-order chi connectivity index (χ1) is 18.9. The highest BCUT2D eigenvalue weighted by Crippen LogP contribution is 2.27. The van der Waals surface area contributed by atoms with Gasteiger partial charge < -0.3 is 10.2 Å². The number of nitro benzene ring substituents is 1. The molecule has 212 valence electrons. The molecule has 3 aromatic carbocycles. The highest BCUT2D eigenvalue weighted by atomic mass is 35.5. The third-order valence-electron chi connectivity index (χ3n) is 6.07. The molecular weight excluding hydrogens is 556 g/mol. The summed E-state index contributed by atoms with van der Waals surface area (Å²) in [6.07, 6.45) is 0.262. The van der Waals surface area contributed by atoms with Crippen molar-refractivity contribution in [1.82, 2.24) is 10.2 Å². The summed E-state index contributed by atoms with van der Waals surface area (Å²) < 4.78 is 28.4. The standard InChI is InChI=1S/C28H31ClN4O6S/c1-4-26(28(35)30-20(2)3)31(18-21-10-8-9-13-25(21)29)27(34)19-32(22-14-16-23(17-15-22)33(36)37)40(38,39)24-11-6-5-7-12-24/h5-17,20,26H,4,18-19H2,1-3H3,(H,30,35)/t26-/m1/s1. The maximum absolute atomic E-state index is 14.0. The third-order valence-corrected chi connectivity index (χ3v) is 8.23. The molecule has 12 heteroatoms. The van der Waals surface area contributed by atoms with E-state index in [1.165, 1.54) is 41.3 Å². The average Bonchev–Trinajstić information content (AvgIpc) is 2.92. The van der Waals surface area contributed by atoms with Crippen LogP contribution in [0.3, 0.4) is 0 Å². The van der Waals surface area contributed by atoms with Gasteiger partial charge in [-0.15, -0.1) is 0 Å². The lowest BCUT2D eigenvalue weighted by atomic mass is 10.1. The fraction of sp³-hybridized carbons (Fsp3) is 0.286. The molecule has 1 atom stereocenters. The van der Waals surface area contributed by atoms with Crippen molar-refractivity contribution in [3.05, 3.63) is 99.6 Å². The number of carbonyl (C=O) groups excluding carboxylic acids is 2. The number of halogens is 1. The first-order valence-corrected chi connectivity index (χ1v) is 14.4. The Labute approximate surface area is 238 Å². The molecule has 3 aromatic rings. The molecule has 0 aliphatic heterocycles. The fourth-order valence-electron chi connectivity index (χ4n) is 4.10. The predicted octanol–water partition coefficient (Wildman–Crippen LogP) is 4.78. The molecule has 0 bridgehead atoms. The number of nitrogens with one attached hydrogen (secondary N) is 1. The first-order valence-electron chi connectivity index (χ1n) is 12.6. The lowest BCUT2D eigenvalue weighted by Gasteiger charge is -2.33. The van der Waals surface area contributed by atoms with Gasteiger partial charge in [0.1, 0.15) is 12.6 Å². The van der Waals surface area contributed by atoms with Gasteiger partial charge in [-0.05, 0) is 56.2 Å². The maximum atomic E-state index is 14.0. The smallest absolute Gasteiger partial charge is 0.269 e. The van der Waals surface area contributed by atoms with Gasteiger partial charge in [-0.2, -0.15) is 0 Å². The zero-order valence-corrected chi connectivity index (χ0v) is 23.9. The van der Waals surface area contributed by atoms with Crippen molar-refractivity contribution in [2.75, 3.05) is 10.8 Å². The summed E-state index contributed by atoms with van der Waals surface area (Å²) >= 11 is 6.38. The lowest BCUT2D eigenvalue weighted by molar-refractivity contribution is -0.384. The number of nitro groups is 1. The average molecular weight is 587 g/mol.